The van der Waals surface area contributed by atoms with Gasteiger partial charge < -0.3 is 10.3 Å². The minimum absolute atomic E-state index is 0.482. The van der Waals surface area contributed by atoms with Crippen molar-refractivity contribution in [2.45, 2.75) is 13.5 Å². The Kier molecular flexibility index (Phi) is 2.75. The number of hydrogen-bond donors (Lipinski definition) is 1. The van der Waals surface area contributed by atoms with Gasteiger partial charge in [-0.1, -0.05) is 17.3 Å². The van der Waals surface area contributed by atoms with E-state index in [4.69, 9.17) is 5.73 Å². The topological polar surface area (TPSA) is 74.5 Å². The fourth-order valence-corrected chi connectivity index (χ4v) is 1.88. The van der Waals surface area contributed by atoms with Crippen LogP contribution in [0, 0.1) is 6.92 Å². The Morgan fingerprint density at radius 1 is 1.21 bits per heavy atom. The third kappa shape index (κ3) is 2.20. The molecule has 0 saturated heterocycles. The fraction of sp³-hybridized carbons (Fsp3) is 0.154. The van der Waals surface area contributed by atoms with Gasteiger partial charge in [0.15, 0.2) is 5.82 Å². The molecule has 0 fully saturated rings. The minimum atomic E-state index is 0.482. The van der Waals surface area contributed by atoms with E-state index in [1.807, 2.05) is 29.8 Å². The maximum absolute atomic E-state index is 5.68. The number of benzene rings is 1. The Hall–Kier alpha value is -2.63. The molecule has 0 aliphatic carbocycles. The highest BCUT2D eigenvalue weighted by Crippen LogP contribution is 2.12. The molecule has 0 radical (unpaired) electrons. The standard InChI is InChI=1S/C13H14N6/c1-10-13(14)16-17-19(10)8-11-2-4-12(5-3-11)18-7-6-15-9-18/h2-7,9H,8,14H2,1H3. The second-order valence-corrected chi connectivity index (χ2v) is 4.35. The van der Waals surface area contributed by atoms with E-state index in [9.17, 15) is 0 Å². The largest absolute Gasteiger partial charge is 0.381 e. The van der Waals surface area contributed by atoms with E-state index in [1.165, 1.54) is 0 Å². The van der Waals surface area contributed by atoms with Crippen molar-refractivity contribution in [1.29, 1.82) is 0 Å². The maximum Gasteiger partial charge on any atom is 0.168 e. The van der Waals surface area contributed by atoms with Crippen molar-refractivity contribution < 1.29 is 0 Å². The first-order valence-electron chi connectivity index (χ1n) is 5.97. The van der Waals surface area contributed by atoms with Gasteiger partial charge in [-0.15, -0.1) is 5.10 Å². The normalized spacial score (nSPS) is 10.8. The van der Waals surface area contributed by atoms with Gasteiger partial charge in [-0.3, -0.25) is 0 Å². The molecule has 2 aromatic heterocycles. The highest BCUT2D eigenvalue weighted by molar-refractivity contribution is 5.35. The van der Waals surface area contributed by atoms with E-state index in [2.05, 4.69) is 27.4 Å². The van der Waals surface area contributed by atoms with Crippen molar-refractivity contribution >= 4 is 5.82 Å². The molecule has 1 aromatic carbocycles. The summed E-state index contributed by atoms with van der Waals surface area (Å²) in [7, 11) is 0. The lowest BCUT2D eigenvalue weighted by atomic mass is 10.2. The molecule has 3 rings (SSSR count). The molecule has 6 nitrogen and oxygen atoms in total. The first-order chi connectivity index (χ1) is 9.24. The summed E-state index contributed by atoms with van der Waals surface area (Å²) in [5.41, 5.74) is 8.80. The summed E-state index contributed by atoms with van der Waals surface area (Å²) >= 11 is 0. The van der Waals surface area contributed by atoms with E-state index in [1.54, 1.807) is 17.2 Å². The number of nitrogens with zero attached hydrogens (tertiary/aromatic N) is 5. The smallest absolute Gasteiger partial charge is 0.168 e. The highest BCUT2D eigenvalue weighted by atomic mass is 15.4. The SMILES string of the molecule is Cc1c(N)nnn1Cc1ccc(-n2ccnc2)cc1. The number of aromatic nitrogens is 5. The zero-order chi connectivity index (χ0) is 13.2. The predicted molar refractivity (Wildman–Crippen MR) is 71.8 cm³/mol. The Labute approximate surface area is 110 Å². The van der Waals surface area contributed by atoms with Crippen LogP contribution < -0.4 is 5.73 Å². The molecule has 19 heavy (non-hydrogen) atoms. The van der Waals surface area contributed by atoms with E-state index in [-0.39, 0.29) is 0 Å². The second kappa shape index (κ2) is 4.56. The maximum atomic E-state index is 5.68. The zero-order valence-electron chi connectivity index (χ0n) is 10.6. The molecule has 0 saturated carbocycles. The van der Waals surface area contributed by atoms with E-state index in [0.717, 1.165) is 16.9 Å². The first kappa shape index (κ1) is 11.5. The summed E-state index contributed by atoms with van der Waals surface area (Å²) in [5, 5.41) is 7.86. The van der Waals surface area contributed by atoms with Crippen LogP contribution in [0.3, 0.4) is 0 Å². The quantitative estimate of drug-likeness (QED) is 0.766. The van der Waals surface area contributed by atoms with Crippen molar-refractivity contribution in [1.82, 2.24) is 24.5 Å². The van der Waals surface area contributed by atoms with Crippen LogP contribution >= 0.6 is 0 Å². The van der Waals surface area contributed by atoms with Gasteiger partial charge in [0.05, 0.1) is 18.6 Å². The molecule has 0 amide bonds. The molecule has 6 heteroatoms. The molecular formula is C13H14N6. The number of anilines is 1. The molecule has 2 N–H and O–H groups in total. The average molecular weight is 254 g/mol. The number of rotatable bonds is 3. The number of nitrogen functional groups attached to an aromatic ring is 1. The van der Waals surface area contributed by atoms with E-state index >= 15 is 0 Å². The number of nitrogens with two attached hydrogens (primary N) is 1. The molecule has 0 unspecified atom stereocenters. The Balaban J connectivity index is 1.82. The zero-order valence-corrected chi connectivity index (χ0v) is 10.6. The molecule has 0 bridgehead atoms. The third-order valence-corrected chi connectivity index (χ3v) is 3.09. The van der Waals surface area contributed by atoms with Gasteiger partial charge >= 0.3 is 0 Å². The van der Waals surface area contributed by atoms with Crippen LogP contribution in [-0.2, 0) is 6.54 Å². The summed E-state index contributed by atoms with van der Waals surface area (Å²) in [6.45, 7) is 2.58. The van der Waals surface area contributed by atoms with Gasteiger partial charge in [0, 0.05) is 18.1 Å². The van der Waals surface area contributed by atoms with Crippen LogP contribution in [0.15, 0.2) is 43.0 Å². The van der Waals surface area contributed by atoms with Gasteiger partial charge in [0.1, 0.15) is 0 Å². The fourth-order valence-electron chi connectivity index (χ4n) is 1.88. The third-order valence-electron chi connectivity index (χ3n) is 3.09. The monoisotopic (exact) mass is 254 g/mol. The van der Waals surface area contributed by atoms with E-state index < -0.39 is 0 Å². The molecule has 2 heterocycles. The van der Waals surface area contributed by atoms with Crippen LogP contribution in [0.2, 0.25) is 0 Å². The van der Waals surface area contributed by atoms with Gasteiger partial charge in [-0.25, -0.2) is 9.67 Å². The highest BCUT2D eigenvalue weighted by Gasteiger charge is 2.05. The number of imidazole rings is 1. The van der Waals surface area contributed by atoms with Crippen LogP contribution in [0.1, 0.15) is 11.3 Å². The van der Waals surface area contributed by atoms with Crippen molar-refractivity contribution in [3.63, 3.8) is 0 Å². The van der Waals surface area contributed by atoms with Crippen molar-refractivity contribution in [2.75, 3.05) is 5.73 Å². The summed E-state index contributed by atoms with van der Waals surface area (Å²) in [6.07, 6.45) is 5.45. The lowest BCUT2D eigenvalue weighted by molar-refractivity contribution is 0.633. The van der Waals surface area contributed by atoms with Gasteiger partial charge in [-0.05, 0) is 24.6 Å². The van der Waals surface area contributed by atoms with Crippen molar-refractivity contribution in [2.24, 2.45) is 0 Å². The summed E-state index contributed by atoms with van der Waals surface area (Å²) in [4.78, 5) is 4.03. The van der Waals surface area contributed by atoms with Crippen molar-refractivity contribution in [3.8, 4) is 5.69 Å². The Morgan fingerprint density at radius 2 is 2.00 bits per heavy atom. The minimum Gasteiger partial charge on any atom is -0.381 e. The number of hydrogen-bond acceptors (Lipinski definition) is 4. The molecule has 96 valence electrons. The van der Waals surface area contributed by atoms with Gasteiger partial charge in [0.2, 0.25) is 0 Å². The summed E-state index contributed by atoms with van der Waals surface area (Å²) in [5.74, 6) is 0.482. The van der Waals surface area contributed by atoms with Crippen LogP contribution in [0.25, 0.3) is 5.69 Å². The predicted octanol–water partition coefficient (Wildman–Crippen LogP) is 1.40. The first-order valence-corrected chi connectivity index (χ1v) is 5.97. The molecule has 3 aromatic rings. The average Bonchev–Trinajstić information content (AvgIpc) is 3.06. The molecule has 0 aliphatic heterocycles. The van der Waals surface area contributed by atoms with Crippen LogP contribution in [0.4, 0.5) is 5.82 Å². The van der Waals surface area contributed by atoms with Gasteiger partial charge in [-0.2, -0.15) is 0 Å². The van der Waals surface area contributed by atoms with Crippen LogP contribution in [0.5, 0.6) is 0 Å². The molecule has 0 atom stereocenters. The van der Waals surface area contributed by atoms with E-state index in [0.29, 0.717) is 12.4 Å². The second-order valence-electron chi connectivity index (χ2n) is 4.35. The lowest BCUT2D eigenvalue weighted by Gasteiger charge is -2.06. The Bertz CT molecular complexity index is 666. The Morgan fingerprint density at radius 3 is 2.58 bits per heavy atom. The lowest BCUT2D eigenvalue weighted by Crippen LogP contribution is -2.04. The molecular weight excluding hydrogens is 240 g/mol. The van der Waals surface area contributed by atoms with Crippen molar-refractivity contribution in [3.05, 3.63) is 54.2 Å². The van der Waals surface area contributed by atoms with Gasteiger partial charge in [0.25, 0.3) is 0 Å². The summed E-state index contributed by atoms with van der Waals surface area (Å²) < 4.78 is 3.75. The molecule has 0 aliphatic rings. The summed E-state index contributed by atoms with van der Waals surface area (Å²) in [6, 6.07) is 8.22. The van der Waals surface area contributed by atoms with Crippen LogP contribution in [-0.4, -0.2) is 24.5 Å². The molecule has 0 spiro atoms.